The predicted octanol–water partition coefficient (Wildman–Crippen LogP) is 4.43. The molecule has 0 amide bonds. The topological polar surface area (TPSA) is 29.5 Å². The van der Waals surface area contributed by atoms with Gasteiger partial charge in [0, 0.05) is 4.90 Å². The van der Waals surface area contributed by atoms with Gasteiger partial charge in [0.05, 0.1) is 24.2 Å². The van der Waals surface area contributed by atoms with E-state index in [0.717, 1.165) is 10.5 Å². The van der Waals surface area contributed by atoms with E-state index in [1.165, 1.54) is 0 Å². The molecule has 3 heteroatoms. The van der Waals surface area contributed by atoms with E-state index in [0.29, 0.717) is 6.61 Å². The molecule has 2 nitrogen and oxygen atoms in total. The minimum Gasteiger partial charge on any atom is -0.502 e. The van der Waals surface area contributed by atoms with E-state index in [9.17, 15) is 5.11 Å². The van der Waals surface area contributed by atoms with Gasteiger partial charge in [-0.25, -0.2) is 0 Å². The number of thioether (sulfide) groups is 1. The first-order valence-corrected chi connectivity index (χ1v) is 7.92. The zero-order chi connectivity index (χ0) is 14.9. The lowest BCUT2D eigenvalue weighted by Gasteiger charge is -2.20. The Hall–Kier alpha value is -1.71. The normalized spacial score (nSPS) is 14.0. The molecule has 1 N–H and O–H groups in total. The van der Waals surface area contributed by atoms with E-state index in [1.807, 2.05) is 73.7 Å². The summed E-state index contributed by atoms with van der Waals surface area (Å²) >= 11 is 1.63. The van der Waals surface area contributed by atoms with Crippen LogP contribution < -0.4 is 0 Å². The maximum Gasteiger partial charge on any atom is 0.0948 e. The van der Waals surface area contributed by atoms with Crippen molar-refractivity contribution in [2.24, 2.45) is 0 Å². The first-order chi connectivity index (χ1) is 10.3. The summed E-state index contributed by atoms with van der Waals surface area (Å²) < 4.78 is 5.28. The van der Waals surface area contributed by atoms with Gasteiger partial charge in [0.1, 0.15) is 0 Å². The van der Waals surface area contributed by atoms with Gasteiger partial charge in [0.25, 0.3) is 0 Å². The Morgan fingerprint density at radius 3 is 2.29 bits per heavy atom. The monoisotopic (exact) mass is 300 g/mol. The Bertz CT molecular complexity index is 540. The molecule has 2 unspecified atom stereocenters. The molecular weight excluding hydrogens is 280 g/mol. The third-order valence-corrected chi connectivity index (χ3v) is 4.23. The second kappa shape index (κ2) is 8.55. The summed E-state index contributed by atoms with van der Waals surface area (Å²) in [5.74, 6) is 0. The minimum atomic E-state index is -0.576. The molecule has 0 heterocycles. The highest BCUT2D eigenvalue weighted by molar-refractivity contribution is 8.00. The standard InChI is InChI=1S/C18H20O2S/c1-2-20-14-13-17(21-16-11-7-4-8-12-16)18(19)15-9-5-3-6-10-15/h3-14,17-19H,2H2,1H3. The van der Waals surface area contributed by atoms with Crippen LogP contribution in [0.4, 0.5) is 0 Å². The Balaban J connectivity index is 2.15. The van der Waals surface area contributed by atoms with Crippen molar-refractivity contribution in [2.75, 3.05) is 6.61 Å². The van der Waals surface area contributed by atoms with Crippen LogP contribution in [0.1, 0.15) is 18.6 Å². The molecule has 0 radical (unpaired) electrons. The minimum absolute atomic E-state index is 0.0960. The first kappa shape index (κ1) is 15.7. The van der Waals surface area contributed by atoms with Crippen LogP contribution in [-0.2, 0) is 4.74 Å². The van der Waals surface area contributed by atoms with Crippen molar-refractivity contribution in [1.82, 2.24) is 0 Å². The molecule has 2 atom stereocenters. The Morgan fingerprint density at radius 1 is 1.05 bits per heavy atom. The van der Waals surface area contributed by atoms with E-state index < -0.39 is 6.10 Å². The average Bonchev–Trinajstić information content (AvgIpc) is 2.55. The highest BCUT2D eigenvalue weighted by Crippen LogP contribution is 2.33. The van der Waals surface area contributed by atoms with Crippen LogP contribution in [-0.4, -0.2) is 17.0 Å². The molecule has 2 aromatic rings. The lowest BCUT2D eigenvalue weighted by molar-refractivity contribution is 0.184. The summed E-state index contributed by atoms with van der Waals surface area (Å²) in [7, 11) is 0. The van der Waals surface area contributed by atoms with Crippen molar-refractivity contribution < 1.29 is 9.84 Å². The van der Waals surface area contributed by atoms with Crippen LogP contribution in [0.25, 0.3) is 0 Å². The molecule has 0 aliphatic rings. The van der Waals surface area contributed by atoms with Gasteiger partial charge in [-0.3, -0.25) is 0 Å². The smallest absolute Gasteiger partial charge is 0.0948 e. The van der Waals surface area contributed by atoms with Crippen molar-refractivity contribution >= 4 is 11.8 Å². The fraction of sp³-hybridized carbons (Fsp3) is 0.222. The Morgan fingerprint density at radius 2 is 1.67 bits per heavy atom. The number of benzene rings is 2. The molecule has 0 saturated heterocycles. The van der Waals surface area contributed by atoms with Crippen molar-refractivity contribution in [3.05, 3.63) is 78.6 Å². The van der Waals surface area contributed by atoms with E-state index in [1.54, 1.807) is 18.0 Å². The second-order valence-electron chi connectivity index (χ2n) is 4.53. The van der Waals surface area contributed by atoms with Gasteiger partial charge in [0.15, 0.2) is 0 Å². The van der Waals surface area contributed by atoms with Gasteiger partial charge in [-0.2, -0.15) is 0 Å². The average molecular weight is 300 g/mol. The number of aliphatic hydroxyl groups excluding tert-OH is 1. The number of hydrogen-bond acceptors (Lipinski definition) is 3. The summed E-state index contributed by atoms with van der Waals surface area (Å²) in [5, 5.41) is 10.5. The lowest BCUT2D eigenvalue weighted by Crippen LogP contribution is -2.12. The molecule has 2 rings (SSSR count). The van der Waals surface area contributed by atoms with Crippen LogP contribution in [0, 0.1) is 0 Å². The molecule has 110 valence electrons. The first-order valence-electron chi connectivity index (χ1n) is 7.04. The van der Waals surface area contributed by atoms with E-state index >= 15 is 0 Å². The molecule has 0 aliphatic heterocycles. The largest absolute Gasteiger partial charge is 0.502 e. The fourth-order valence-electron chi connectivity index (χ4n) is 1.93. The Labute approximate surface area is 130 Å². The van der Waals surface area contributed by atoms with Crippen molar-refractivity contribution in [1.29, 1.82) is 0 Å². The molecule has 0 saturated carbocycles. The van der Waals surface area contributed by atoms with Crippen LogP contribution in [0.2, 0.25) is 0 Å². The Kier molecular flexibility index (Phi) is 6.38. The van der Waals surface area contributed by atoms with Crippen molar-refractivity contribution in [2.45, 2.75) is 23.2 Å². The van der Waals surface area contributed by atoms with Gasteiger partial charge in [-0.05, 0) is 30.7 Å². The maximum absolute atomic E-state index is 10.6. The van der Waals surface area contributed by atoms with Gasteiger partial charge in [0.2, 0.25) is 0 Å². The van der Waals surface area contributed by atoms with E-state index in [-0.39, 0.29) is 5.25 Å². The SMILES string of the molecule is CCOC=CC(Sc1ccccc1)C(O)c1ccccc1. The summed E-state index contributed by atoms with van der Waals surface area (Å²) in [5.41, 5.74) is 0.909. The fourth-order valence-corrected chi connectivity index (χ4v) is 2.99. The molecule has 0 aliphatic carbocycles. The number of rotatable bonds is 7. The number of aliphatic hydroxyl groups is 1. The quantitative estimate of drug-likeness (QED) is 0.606. The summed E-state index contributed by atoms with van der Waals surface area (Å²) in [6, 6.07) is 19.8. The highest BCUT2D eigenvalue weighted by atomic mass is 32.2. The maximum atomic E-state index is 10.6. The molecule has 0 aromatic heterocycles. The lowest BCUT2D eigenvalue weighted by atomic mass is 10.1. The van der Waals surface area contributed by atoms with Crippen LogP contribution in [0.3, 0.4) is 0 Å². The van der Waals surface area contributed by atoms with Crippen molar-refractivity contribution in [3.8, 4) is 0 Å². The summed E-state index contributed by atoms with van der Waals surface area (Å²) in [6.07, 6.45) is 3.01. The number of ether oxygens (including phenoxy) is 1. The third-order valence-electron chi connectivity index (χ3n) is 3.00. The van der Waals surface area contributed by atoms with Crippen LogP contribution in [0.15, 0.2) is 77.9 Å². The van der Waals surface area contributed by atoms with E-state index in [4.69, 9.17) is 4.74 Å². The van der Waals surface area contributed by atoms with E-state index in [2.05, 4.69) is 0 Å². The summed E-state index contributed by atoms with van der Waals surface area (Å²) in [4.78, 5) is 1.12. The second-order valence-corrected chi connectivity index (χ2v) is 5.79. The highest BCUT2D eigenvalue weighted by Gasteiger charge is 2.19. The predicted molar refractivity (Wildman–Crippen MR) is 88.3 cm³/mol. The van der Waals surface area contributed by atoms with Gasteiger partial charge in [-0.1, -0.05) is 48.5 Å². The molecule has 0 fully saturated rings. The third kappa shape index (κ3) is 4.96. The zero-order valence-electron chi connectivity index (χ0n) is 12.1. The molecule has 0 bridgehead atoms. The summed E-state index contributed by atoms with van der Waals surface area (Å²) in [6.45, 7) is 2.57. The molecule has 2 aromatic carbocycles. The zero-order valence-corrected chi connectivity index (χ0v) is 12.9. The van der Waals surface area contributed by atoms with Gasteiger partial charge >= 0.3 is 0 Å². The van der Waals surface area contributed by atoms with Gasteiger partial charge in [-0.15, -0.1) is 11.8 Å². The van der Waals surface area contributed by atoms with Gasteiger partial charge < -0.3 is 9.84 Å². The van der Waals surface area contributed by atoms with Crippen LogP contribution in [0.5, 0.6) is 0 Å². The van der Waals surface area contributed by atoms with Crippen molar-refractivity contribution in [3.63, 3.8) is 0 Å². The molecular formula is C18H20O2S. The molecule has 21 heavy (non-hydrogen) atoms. The molecule has 0 spiro atoms. The van der Waals surface area contributed by atoms with Crippen LogP contribution >= 0.6 is 11.8 Å². The number of hydrogen-bond donors (Lipinski definition) is 1.